The second-order valence-electron chi connectivity index (χ2n) is 7.24. The van der Waals surface area contributed by atoms with E-state index < -0.39 is 15.8 Å². The lowest BCUT2D eigenvalue weighted by molar-refractivity contribution is 0.0989. The van der Waals surface area contributed by atoms with E-state index in [-0.39, 0.29) is 16.6 Å². The predicted octanol–water partition coefficient (Wildman–Crippen LogP) is 4.60. The zero-order valence-corrected chi connectivity index (χ0v) is 18.6. The minimum Gasteiger partial charge on any atom is -0.495 e. The third kappa shape index (κ3) is 4.15. The van der Waals surface area contributed by atoms with Crippen molar-refractivity contribution in [3.05, 3.63) is 69.7 Å². The van der Waals surface area contributed by atoms with Crippen molar-refractivity contribution in [1.29, 1.82) is 0 Å². The maximum absolute atomic E-state index is 14.0. The zero-order valence-electron chi connectivity index (χ0n) is 17.0. The number of carbonyl (C=O) groups is 1. The zero-order chi connectivity index (χ0) is 22.2. The summed E-state index contributed by atoms with van der Waals surface area (Å²) in [6, 6.07) is 11.0. The summed E-state index contributed by atoms with van der Waals surface area (Å²) in [6.07, 6.45) is 1.50. The molecular weight excluding hydrogens is 439 g/mol. The highest BCUT2D eigenvalue weighted by molar-refractivity contribution is 7.92. The summed E-state index contributed by atoms with van der Waals surface area (Å²) in [5.41, 5.74) is 2.28. The standard InChI is InChI=1S/C22H21FN2O4S2/c1-14-11-19(29-2)21(13-17(14)23)31(27,28)24-16-7-8-18-15(12-16)5-3-9-25(18)22(26)20-6-4-10-30-20/h4,6-8,10-13,24H,3,5,9H2,1-2H3. The molecule has 0 aliphatic carbocycles. The number of aryl methyl sites for hydroxylation is 2. The van der Waals surface area contributed by atoms with Gasteiger partial charge in [-0.1, -0.05) is 6.07 Å². The summed E-state index contributed by atoms with van der Waals surface area (Å²) in [6.45, 7) is 2.14. The first-order valence-electron chi connectivity index (χ1n) is 9.65. The molecule has 4 rings (SSSR count). The van der Waals surface area contributed by atoms with Crippen molar-refractivity contribution >= 4 is 38.6 Å². The highest BCUT2D eigenvalue weighted by Crippen LogP contribution is 2.33. The van der Waals surface area contributed by atoms with Crippen LogP contribution in [0.4, 0.5) is 15.8 Å². The number of amides is 1. The first kappa shape index (κ1) is 21.3. The van der Waals surface area contributed by atoms with Gasteiger partial charge in [-0.2, -0.15) is 0 Å². The maximum Gasteiger partial charge on any atom is 0.268 e. The molecule has 0 radical (unpaired) electrons. The van der Waals surface area contributed by atoms with E-state index in [1.165, 1.54) is 31.4 Å². The Balaban J connectivity index is 1.64. The van der Waals surface area contributed by atoms with Crippen LogP contribution in [-0.2, 0) is 16.4 Å². The predicted molar refractivity (Wildman–Crippen MR) is 119 cm³/mol. The van der Waals surface area contributed by atoms with Gasteiger partial charge in [0.15, 0.2) is 0 Å². The van der Waals surface area contributed by atoms with Crippen LogP contribution in [0.15, 0.2) is 52.7 Å². The third-order valence-corrected chi connectivity index (χ3v) is 7.42. The van der Waals surface area contributed by atoms with Gasteiger partial charge in [-0.25, -0.2) is 12.8 Å². The molecule has 1 N–H and O–H groups in total. The molecule has 9 heteroatoms. The van der Waals surface area contributed by atoms with Crippen LogP contribution in [0, 0.1) is 12.7 Å². The molecule has 0 atom stereocenters. The van der Waals surface area contributed by atoms with Gasteiger partial charge in [-0.15, -0.1) is 11.3 Å². The van der Waals surface area contributed by atoms with Crippen LogP contribution < -0.4 is 14.4 Å². The smallest absolute Gasteiger partial charge is 0.268 e. The van der Waals surface area contributed by atoms with Gasteiger partial charge >= 0.3 is 0 Å². The Hall–Kier alpha value is -2.91. The van der Waals surface area contributed by atoms with Crippen molar-refractivity contribution in [2.24, 2.45) is 0 Å². The first-order valence-corrected chi connectivity index (χ1v) is 12.0. The van der Waals surface area contributed by atoms with Crippen LogP contribution in [-0.4, -0.2) is 28.0 Å². The van der Waals surface area contributed by atoms with Crippen molar-refractivity contribution in [3.8, 4) is 5.75 Å². The number of carbonyl (C=O) groups excluding carboxylic acids is 1. The summed E-state index contributed by atoms with van der Waals surface area (Å²) in [5, 5.41) is 1.86. The van der Waals surface area contributed by atoms with Gasteiger partial charge < -0.3 is 9.64 Å². The molecule has 6 nitrogen and oxygen atoms in total. The normalized spacial score (nSPS) is 13.6. The van der Waals surface area contributed by atoms with E-state index in [1.807, 2.05) is 11.4 Å². The van der Waals surface area contributed by atoms with E-state index in [4.69, 9.17) is 4.74 Å². The number of hydrogen-bond acceptors (Lipinski definition) is 5. The number of sulfonamides is 1. The Morgan fingerprint density at radius 1 is 1.23 bits per heavy atom. The van der Waals surface area contributed by atoms with Crippen molar-refractivity contribution in [3.63, 3.8) is 0 Å². The average Bonchev–Trinajstić information content (AvgIpc) is 3.28. The second kappa shape index (κ2) is 8.32. The van der Waals surface area contributed by atoms with Gasteiger partial charge in [-0.05, 0) is 72.7 Å². The number of hydrogen-bond donors (Lipinski definition) is 1. The number of thiophene rings is 1. The molecule has 2 heterocycles. The van der Waals surface area contributed by atoms with Crippen LogP contribution >= 0.6 is 11.3 Å². The lowest BCUT2D eigenvalue weighted by atomic mass is 10.0. The Morgan fingerprint density at radius 2 is 2.03 bits per heavy atom. The number of fused-ring (bicyclic) bond motifs is 1. The molecule has 0 unspecified atom stereocenters. The molecule has 3 aromatic rings. The van der Waals surface area contributed by atoms with Gasteiger partial charge in [0.25, 0.3) is 15.9 Å². The highest BCUT2D eigenvalue weighted by atomic mass is 32.2. The topological polar surface area (TPSA) is 75.7 Å². The van der Waals surface area contributed by atoms with Crippen LogP contribution in [0.25, 0.3) is 0 Å². The number of ether oxygens (including phenoxy) is 1. The van der Waals surface area contributed by atoms with Crippen LogP contribution in [0.1, 0.15) is 27.2 Å². The van der Waals surface area contributed by atoms with Crippen LogP contribution in [0.2, 0.25) is 0 Å². The lowest BCUT2D eigenvalue weighted by Gasteiger charge is -2.29. The number of nitrogens with zero attached hydrogens (tertiary/aromatic N) is 1. The summed E-state index contributed by atoms with van der Waals surface area (Å²) < 4.78 is 47.5. The Labute approximate surface area is 184 Å². The average molecular weight is 461 g/mol. The summed E-state index contributed by atoms with van der Waals surface area (Å²) in [7, 11) is -2.74. The number of benzene rings is 2. The molecule has 0 fully saturated rings. The quantitative estimate of drug-likeness (QED) is 0.604. The third-order valence-electron chi connectivity index (χ3n) is 5.16. The molecule has 162 valence electrons. The fourth-order valence-electron chi connectivity index (χ4n) is 3.62. The SMILES string of the molecule is COc1cc(C)c(F)cc1S(=O)(=O)Nc1ccc2c(c1)CCCN2C(=O)c1cccs1. The van der Waals surface area contributed by atoms with E-state index in [0.29, 0.717) is 22.7 Å². The molecule has 1 aliphatic rings. The molecule has 1 amide bonds. The second-order valence-corrected chi connectivity index (χ2v) is 9.84. The monoisotopic (exact) mass is 460 g/mol. The summed E-state index contributed by atoms with van der Waals surface area (Å²) in [5.74, 6) is -0.629. The van der Waals surface area contributed by atoms with Gasteiger partial charge in [0, 0.05) is 17.9 Å². The number of methoxy groups -OCH3 is 1. The van der Waals surface area contributed by atoms with Gasteiger partial charge in [-0.3, -0.25) is 9.52 Å². The van der Waals surface area contributed by atoms with E-state index in [1.54, 1.807) is 29.2 Å². The molecular formula is C22H21FN2O4S2. The molecule has 0 saturated carbocycles. The first-order chi connectivity index (χ1) is 14.8. The maximum atomic E-state index is 14.0. The van der Waals surface area contributed by atoms with E-state index >= 15 is 0 Å². The lowest BCUT2D eigenvalue weighted by Crippen LogP contribution is -2.35. The number of halogens is 1. The fourth-order valence-corrected chi connectivity index (χ4v) is 5.51. The molecule has 31 heavy (non-hydrogen) atoms. The largest absolute Gasteiger partial charge is 0.495 e. The highest BCUT2D eigenvalue weighted by Gasteiger charge is 2.26. The van der Waals surface area contributed by atoms with Gasteiger partial charge in [0.1, 0.15) is 16.5 Å². The minimum atomic E-state index is -4.08. The van der Waals surface area contributed by atoms with Gasteiger partial charge in [0.05, 0.1) is 12.0 Å². The van der Waals surface area contributed by atoms with Gasteiger partial charge in [0.2, 0.25) is 0 Å². The molecule has 0 spiro atoms. The van der Waals surface area contributed by atoms with Crippen LogP contribution in [0.5, 0.6) is 5.75 Å². The van der Waals surface area contributed by atoms with E-state index in [2.05, 4.69) is 4.72 Å². The van der Waals surface area contributed by atoms with Crippen LogP contribution in [0.3, 0.4) is 0 Å². The Morgan fingerprint density at radius 3 is 2.74 bits per heavy atom. The van der Waals surface area contributed by atoms with E-state index in [9.17, 15) is 17.6 Å². The summed E-state index contributed by atoms with van der Waals surface area (Å²) in [4.78, 5) is 14.9. The molecule has 2 aromatic carbocycles. The number of nitrogens with one attached hydrogen (secondary N) is 1. The summed E-state index contributed by atoms with van der Waals surface area (Å²) >= 11 is 1.39. The molecule has 1 aromatic heterocycles. The molecule has 0 saturated heterocycles. The molecule has 0 bridgehead atoms. The Kier molecular flexibility index (Phi) is 5.72. The number of rotatable bonds is 5. The van der Waals surface area contributed by atoms with E-state index in [0.717, 1.165) is 30.2 Å². The van der Waals surface area contributed by atoms with Crippen molar-refractivity contribution in [2.75, 3.05) is 23.3 Å². The van der Waals surface area contributed by atoms with Crippen molar-refractivity contribution in [1.82, 2.24) is 0 Å². The molecule has 1 aliphatic heterocycles. The van der Waals surface area contributed by atoms with Crippen molar-refractivity contribution < 1.29 is 22.3 Å². The Bertz CT molecular complexity index is 1240. The number of anilines is 2. The fraction of sp³-hybridized carbons (Fsp3) is 0.227. The minimum absolute atomic E-state index is 0.0656. The van der Waals surface area contributed by atoms with Crippen molar-refractivity contribution in [2.45, 2.75) is 24.7 Å².